The monoisotopic (exact) mass is 262 g/mol. The first-order valence-electron chi connectivity index (χ1n) is 7.09. The molecule has 1 heterocycles. The van der Waals surface area contributed by atoms with Gasteiger partial charge in [0.05, 0.1) is 6.04 Å². The molecule has 0 spiro atoms. The predicted molar refractivity (Wildman–Crippen MR) is 79.7 cm³/mol. The van der Waals surface area contributed by atoms with Crippen molar-refractivity contribution in [2.24, 2.45) is 0 Å². The molecular weight excluding hydrogens is 236 g/mol. The topological polar surface area (TPSA) is 24.5 Å². The number of rotatable bonds is 5. The van der Waals surface area contributed by atoms with E-state index >= 15 is 0 Å². The van der Waals surface area contributed by atoms with Crippen LogP contribution in [0.3, 0.4) is 0 Å². The van der Waals surface area contributed by atoms with Gasteiger partial charge in [0, 0.05) is 11.6 Å². The SMILES string of the molecule is CC(CCN(C)C)NC1c2ccccc2OC1(C)C. The van der Waals surface area contributed by atoms with Gasteiger partial charge in [0.15, 0.2) is 0 Å². The second kappa shape index (κ2) is 5.51. The van der Waals surface area contributed by atoms with Gasteiger partial charge in [0.25, 0.3) is 0 Å². The highest BCUT2D eigenvalue weighted by molar-refractivity contribution is 5.42. The van der Waals surface area contributed by atoms with Crippen LogP contribution in [0.15, 0.2) is 24.3 Å². The third-order valence-corrected chi connectivity index (χ3v) is 3.76. The third-order valence-electron chi connectivity index (χ3n) is 3.76. The van der Waals surface area contributed by atoms with E-state index in [0.717, 1.165) is 18.7 Å². The molecule has 1 aliphatic heterocycles. The lowest BCUT2D eigenvalue weighted by molar-refractivity contribution is 0.0908. The van der Waals surface area contributed by atoms with E-state index in [9.17, 15) is 0 Å². The maximum absolute atomic E-state index is 6.06. The number of hydrogen-bond donors (Lipinski definition) is 1. The zero-order chi connectivity index (χ0) is 14.0. The summed E-state index contributed by atoms with van der Waals surface area (Å²) in [6, 6.07) is 9.08. The largest absolute Gasteiger partial charge is 0.486 e. The first-order valence-corrected chi connectivity index (χ1v) is 7.09. The normalized spacial score (nSPS) is 22.1. The fraction of sp³-hybridized carbons (Fsp3) is 0.625. The van der Waals surface area contributed by atoms with E-state index in [1.807, 2.05) is 6.07 Å². The van der Waals surface area contributed by atoms with E-state index < -0.39 is 0 Å². The molecule has 0 saturated carbocycles. The number of nitrogens with one attached hydrogen (secondary N) is 1. The molecule has 1 N–H and O–H groups in total. The van der Waals surface area contributed by atoms with Crippen molar-refractivity contribution < 1.29 is 4.74 Å². The average molecular weight is 262 g/mol. The smallest absolute Gasteiger partial charge is 0.125 e. The molecule has 3 nitrogen and oxygen atoms in total. The minimum absolute atomic E-state index is 0.184. The van der Waals surface area contributed by atoms with Crippen molar-refractivity contribution in [2.75, 3.05) is 20.6 Å². The molecular formula is C16H26N2O. The molecule has 0 fully saturated rings. The van der Waals surface area contributed by atoms with E-state index in [4.69, 9.17) is 4.74 Å². The van der Waals surface area contributed by atoms with Crippen LogP contribution in [0.5, 0.6) is 5.75 Å². The van der Waals surface area contributed by atoms with Crippen LogP contribution in [-0.4, -0.2) is 37.2 Å². The molecule has 1 aromatic carbocycles. The van der Waals surface area contributed by atoms with Crippen molar-refractivity contribution in [3.63, 3.8) is 0 Å². The molecule has 1 aliphatic rings. The molecule has 0 aliphatic carbocycles. The third kappa shape index (κ3) is 3.28. The van der Waals surface area contributed by atoms with Crippen LogP contribution in [0.1, 0.15) is 38.8 Å². The number of ether oxygens (including phenoxy) is 1. The Morgan fingerprint density at radius 2 is 2.00 bits per heavy atom. The number of benzene rings is 1. The average Bonchev–Trinajstić information content (AvgIpc) is 2.58. The maximum Gasteiger partial charge on any atom is 0.125 e. The van der Waals surface area contributed by atoms with Crippen molar-refractivity contribution in [1.82, 2.24) is 10.2 Å². The summed E-state index contributed by atoms with van der Waals surface area (Å²) in [4.78, 5) is 2.22. The fourth-order valence-corrected chi connectivity index (χ4v) is 2.64. The zero-order valence-electron chi connectivity index (χ0n) is 12.7. The Balaban J connectivity index is 2.06. The highest BCUT2D eigenvalue weighted by Gasteiger charge is 2.41. The van der Waals surface area contributed by atoms with E-state index in [2.05, 4.69) is 63.3 Å². The van der Waals surface area contributed by atoms with Crippen molar-refractivity contribution in [2.45, 2.75) is 44.9 Å². The van der Waals surface area contributed by atoms with E-state index in [1.165, 1.54) is 5.56 Å². The summed E-state index contributed by atoms with van der Waals surface area (Å²) >= 11 is 0. The Bertz CT molecular complexity index is 429. The molecule has 2 rings (SSSR count). The van der Waals surface area contributed by atoms with Crippen LogP contribution < -0.4 is 10.1 Å². The van der Waals surface area contributed by atoms with Gasteiger partial charge in [-0.25, -0.2) is 0 Å². The molecule has 2 unspecified atom stereocenters. The Labute approximate surface area is 116 Å². The summed E-state index contributed by atoms with van der Waals surface area (Å²) in [5.41, 5.74) is 1.10. The Hall–Kier alpha value is -1.06. The van der Waals surface area contributed by atoms with Gasteiger partial charge in [0.2, 0.25) is 0 Å². The molecule has 1 aromatic rings. The molecule has 0 aromatic heterocycles. The van der Waals surface area contributed by atoms with Crippen LogP contribution in [0.4, 0.5) is 0 Å². The van der Waals surface area contributed by atoms with E-state index in [1.54, 1.807) is 0 Å². The van der Waals surface area contributed by atoms with Gasteiger partial charge >= 0.3 is 0 Å². The van der Waals surface area contributed by atoms with Crippen molar-refractivity contribution in [1.29, 1.82) is 0 Å². The molecule has 106 valence electrons. The van der Waals surface area contributed by atoms with Gasteiger partial charge in [-0.3, -0.25) is 0 Å². The summed E-state index contributed by atoms with van der Waals surface area (Å²) < 4.78 is 6.06. The van der Waals surface area contributed by atoms with Crippen molar-refractivity contribution in [3.8, 4) is 5.75 Å². The molecule has 0 amide bonds. The lowest BCUT2D eigenvalue weighted by Crippen LogP contribution is -2.43. The lowest BCUT2D eigenvalue weighted by atomic mass is 9.93. The van der Waals surface area contributed by atoms with Crippen LogP contribution >= 0.6 is 0 Å². The number of nitrogens with zero attached hydrogens (tertiary/aromatic N) is 1. The second-order valence-electron chi connectivity index (χ2n) is 6.34. The summed E-state index contributed by atoms with van der Waals surface area (Å²) in [6.07, 6.45) is 1.14. The Morgan fingerprint density at radius 3 is 2.68 bits per heavy atom. The number of para-hydroxylation sites is 1. The second-order valence-corrected chi connectivity index (χ2v) is 6.34. The highest BCUT2D eigenvalue weighted by atomic mass is 16.5. The minimum Gasteiger partial charge on any atom is -0.486 e. The van der Waals surface area contributed by atoms with E-state index in [-0.39, 0.29) is 11.6 Å². The molecule has 3 heteroatoms. The predicted octanol–water partition coefficient (Wildman–Crippen LogP) is 2.83. The fourth-order valence-electron chi connectivity index (χ4n) is 2.64. The number of hydrogen-bond acceptors (Lipinski definition) is 3. The van der Waals surface area contributed by atoms with Crippen molar-refractivity contribution in [3.05, 3.63) is 29.8 Å². The summed E-state index contributed by atoms with van der Waals surface area (Å²) in [7, 11) is 4.23. The standard InChI is InChI=1S/C16H26N2O/c1-12(10-11-18(4)5)17-15-13-8-6-7-9-14(13)19-16(15,2)3/h6-9,12,15,17H,10-11H2,1-5H3. The van der Waals surface area contributed by atoms with Crippen LogP contribution in [-0.2, 0) is 0 Å². The maximum atomic E-state index is 6.06. The van der Waals surface area contributed by atoms with Gasteiger partial charge in [-0.2, -0.15) is 0 Å². The highest BCUT2D eigenvalue weighted by Crippen LogP contribution is 2.42. The summed E-state index contributed by atoms with van der Waals surface area (Å²) in [5, 5.41) is 3.73. The van der Waals surface area contributed by atoms with Crippen molar-refractivity contribution >= 4 is 0 Å². The first kappa shape index (κ1) is 14.4. The van der Waals surface area contributed by atoms with E-state index in [0.29, 0.717) is 6.04 Å². The lowest BCUT2D eigenvalue weighted by Gasteiger charge is -2.30. The minimum atomic E-state index is -0.184. The van der Waals surface area contributed by atoms with Crippen LogP contribution in [0, 0.1) is 0 Å². The zero-order valence-corrected chi connectivity index (χ0v) is 12.7. The molecule has 0 radical (unpaired) electrons. The van der Waals surface area contributed by atoms with Gasteiger partial charge in [-0.1, -0.05) is 18.2 Å². The quantitative estimate of drug-likeness (QED) is 0.883. The Kier molecular flexibility index (Phi) is 4.16. The summed E-state index contributed by atoms with van der Waals surface area (Å²) in [6.45, 7) is 7.66. The van der Waals surface area contributed by atoms with Crippen LogP contribution in [0.25, 0.3) is 0 Å². The Morgan fingerprint density at radius 1 is 1.32 bits per heavy atom. The molecule has 19 heavy (non-hydrogen) atoms. The van der Waals surface area contributed by atoms with Gasteiger partial charge in [0.1, 0.15) is 11.4 Å². The van der Waals surface area contributed by atoms with Crippen LogP contribution in [0.2, 0.25) is 0 Å². The summed E-state index contributed by atoms with van der Waals surface area (Å²) in [5.74, 6) is 1.02. The number of fused-ring (bicyclic) bond motifs is 1. The van der Waals surface area contributed by atoms with Gasteiger partial charge in [-0.05, 0) is 53.9 Å². The molecule has 0 bridgehead atoms. The van der Waals surface area contributed by atoms with Gasteiger partial charge < -0.3 is 15.0 Å². The molecule has 0 saturated heterocycles. The van der Waals surface area contributed by atoms with Gasteiger partial charge in [-0.15, -0.1) is 0 Å². The molecule has 2 atom stereocenters. The first-order chi connectivity index (χ1) is 8.90.